The number of nitrogens with one attached hydrogen (secondary N) is 1. The molecule has 1 rings (SSSR count). The van der Waals surface area contributed by atoms with Gasteiger partial charge in [-0.25, -0.2) is 0 Å². The molecule has 0 aliphatic rings. The third-order valence-electron chi connectivity index (χ3n) is 6.90. The molecule has 0 unspecified atom stereocenters. The number of rotatable bonds is 24. The maximum atomic E-state index is 12.2. The highest BCUT2D eigenvalue weighted by Gasteiger charge is 2.19. The first kappa shape index (κ1) is 32.5. The molecule has 0 fully saturated rings. The van der Waals surface area contributed by atoms with Crippen molar-refractivity contribution in [2.75, 3.05) is 6.54 Å². The Bertz CT molecular complexity index is 753. The second kappa shape index (κ2) is 21.6. The first-order valence-corrected chi connectivity index (χ1v) is 14.7. The van der Waals surface area contributed by atoms with Crippen LogP contribution in [0.15, 0.2) is 18.2 Å². The predicted molar refractivity (Wildman–Crippen MR) is 150 cm³/mol. The lowest BCUT2D eigenvalue weighted by atomic mass is 10.0. The van der Waals surface area contributed by atoms with E-state index in [0.29, 0.717) is 6.54 Å². The van der Waals surface area contributed by atoms with Crippen LogP contribution < -0.4 is 5.32 Å². The van der Waals surface area contributed by atoms with Crippen molar-refractivity contribution in [2.45, 2.75) is 135 Å². The van der Waals surface area contributed by atoms with E-state index < -0.39 is 27.1 Å². The molecule has 0 heterocycles. The Hall–Kier alpha value is -2.51. The first-order valence-electron chi connectivity index (χ1n) is 14.7. The molecule has 0 radical (unpaired) electrons. The lowest BCUT2D eigenvalue weighted by Crippen LogP contribution is -2.24. The monoisotopic (exact) mass is 519 g/mol. The van der Waals surface area contributed by atoms with Gasteiger partial charge in [-0.1, -0.05) is 129 Å². The number of carbonyl (C=O) groups excluding carboxylic acids is 1. The summed E-state index contributed by atoms with van der Waals surface area (Å²) in [4.78, 5) is 32.7. The Kier molecular flexibility index (Phi) is 19.0. The summed E-state index contributed by atoms with van der Waals surface area (Å²) in [5.41, 5.74) is -0.981. The van der Waals surface area contributed by atoms with Gasteiger partial charge in [-0.2, -0.15) is 0 Å². The average molecular weight is 520 g/mol. The number of hydrogen-bond acceptors (Lipinski definition) is 5. The Morgan fingerprint density at radius 2 is 0.919 bits per heavy atom. The van der Waals surface area contributed by atoms with Gasteiger partial charge in [0.25, 0.3) is 17.3 Å². The standard InChI is InChI=1S/C29H49N3O5/c1-2-3-4-5-6-7-8-9-10-11-12-13-14-15-16-17-18-19-20-21-22-30-29(33)26-23-27(31(34)35)25-28(24-26)32(36)37/h23-25H,2-22H2,1H3,(H,30,33). The zero-order valence-electron chi connectivity index (χ0n) is 23.0. The summed E-state index contributed by atoms with van der Waals surface area (Å²) in [6.07, 6.45) is 26.1. The Balaban J connectivity index is 1.93. The van der Waals surface area contributed by atoms with E-state index in [9.17, 15) is 25.0 Å². The normalized spacial score (nSPS) is 10.9. The molecule has 0 aliphatic carbocycles. The second-order valence-electron chi connectivity index (χ2n) is 10.2. The van der Waals surface area contributed by atoms with Crippen molar-refractivity contribution in [3.8, 4) is 0 Å². The van der Waals surface area contributed by atoms with Crippen LogP contribution in [-0.2, 0) is 0 Å². The number of amides is 1. The lowest BCUT2D eigenvalue weighted by molar-refractivity contribution is -0.394. The molecule has 210 valence electrons. The van der Waals surface area contributed by atoms with Crippen LogP contribution in [0.25, 0.3) is 0 Å². The molecule has 1 N–H and O–H groups in total. The summed E-state index contributed by atoms with van der Waals surface area (Å²) in [6, 6.07) is 2.99. The van der Waals surface area contributed by atoms with Crippen molar-refractivity contribution in [1.82, 2.24) is 5.32 Å². The smallest absolute Gasteiger partial charge is 0.277 e. The van der Waals surface area contributed by atoms with Crippen LogP contribution in [0.4, 0.5) is 11.4 Å². The minimum Gasteiger partial charge on any atom is -0.352 e. The zero-order valence-corrected chi connectivity index (χ0v) is 23.0. The highest BCUT2D eigenvalue weighted by molar-refractivity contribution is 5.95. The fourth-order valence-electron chi connectivity index (χ4n) is 4.62. The van der Waals surface area contributed by atoms with Gasteiger partial charge in [0.1, 0.15) is 0 Å². The van der Waals surface area contributed by atoms with E-state index in [2.05, 4.69) is 12.2 Å². The number of benzene rings is 1. The zero-order chi connectivity index (χ0) is 27.1. The van der Waals surface area contributed by atoms with Crippen LogP contribution in [-0.4, -0.2) is 22.3 Å². The number of unbranched alkanes of at least 4 members (excludes halogenated alkanes) is 19. The molecule has 0 aliphatic heterocycles. The van der Waals surface area contributed by atoms with E-state index in [1.54, 1.807) is 0 Å². The third-order valence-corrected chi connectivity index (χ3v) is 6.90. The summed E-state index contributed by atoms with van der Waals surface area (Å²) in [7, 11) is 0. The van der Waals surface area contributed by atoms with E-state index in [-0.39, 0.29) is 5.56 Å². The molecule has 0 atom stereocenters. The molecule has 1 amide bonds. The number of nitrogens with zero attached hydrogens (tertiary/aromatic N) is 2. The number of nitro groups is 2. The predicted octanol–water partition coefficient (Wildman–Crippen LogP) is 9.05. The Morgan fingerprint density at radius 3 is 1.24 bits per heavy atom. The van der Waals surface area contributed by atoms with Crippen LogP contribution in [0, 0.1) is 20.2 Å². The largest absolute Gasteiger partial charge is 0.352 e. The average Bonchev–Trinajstić information content (AvgIpc) is 2.89. The number of non-ortho nitro benzene ring substituents is 2. The highest BCUT2D eigenvalue weighted by atomic mass is 16.6. The van der Waals surface area contributed by atoms with Gasteiger partial charge in [-0.05, 0) is 6.42 Å². The van der Waals surface area contributed by atoms with Gasteiger partial charge in [-0.3, -0.25) is 25.0 Å². The van der Waals surface area contributed by atoms with Gasteiger partial charge in [0.15, 0.2) is 0 Å². The molecule has 1 aromatic carbocycles. The van der Waals surface area contributed by atoms with Gasteiger partial charge in [0.2, 0.25) is 0 Å². The van der Waals surface area contributed by atoms with Crippen LogP contribution in [0.3, 0.4) is 0 Å². The molecule has 0 spiro atoms. The summed E-state index contributed by atoms with van der Waals surface area (Å²) >= 11 is 0. The van der Waals surface area contributed by atoms with Crippen LogP contribution in [0.5, 0.6) is 0 Å². The maximum Gasteiger partial charge on any atom is 0.277 e. The number of carbonyl (C=O) groups is 1. The van der Waals surface area contributed by atoms with E-state index >= 15 is 0 Å². The molecule has 0 saturated heterocycles. The third kappa shape index (κ3) is 16.8. The SMILES string of the molecule is CCCCCCCCCCCCCCCCCCCCCCNC(=O)c1cc([N+](=O)[O-])cc([N+](=O)[O-])c1. The van der Waals surface area contributed by atoms with E-state index in [1.165, 1.54) is 109 Å². The molecule has 0 aromatic heterocycles. The summed E-state index contributed by atoms with van der Waals surface area (Å²) in [5, 5.41) is 24.6. The minimum absolute atomic E-state index is 0.0610. The highest BCUT2D eigenvalue weighted by Crippen LogP contribution is 2.22. The molecule has 0 bridgehead atoms. The van der Waals surface area contributed by atoms with Crippen LogP contribution in [0.1, 0.15) is 146 Å². The topological polar surface area (TPSA) is 115 Å². The van der Waals surface area contributed by atoms with Crippen molar-refractivity contribution in [1.29, 1.82) is 0 Å². The van der Waals surface area contributed by atoms with Crippen LogP contribution >= 0.6 is 0 Å². The van der Waals surface area contributed by atoms with Gasteiger partial charge < -0.3 is 5.32 Å². The van der Waals surface area contributed by atoms with Crippen molar-refractivity contribution in [3.05, 3.63) is 44.0 Å². The van der Waals surface area contributed by atoms with E-state index in [1.807, 2.05) is 0 Å². The molecule has 1 aromatic rings. The van der Waals surface area contributed by atoms with Gasteiger partial charge in [0.05, 0.1) is 21.5 Å². The molecular formula is C29H49N3O5. The number of nitro benzene ring substituents is 2. The van der Waals surface area contributed by atoms with Crippen molar-refractivity contribution < 1.29 is 14.6 Å². The fraction of sp³-hybridized carbons (Fsp3) is 0.759. The molecule has 8 nitrogen and oxygen atoms in total. The second-order valence-corrected chi connectivity index (χ2v) is 10.2. The van der Waals surface area contributed by atoms with Crippen molar-refractivity contribution in [3.63, 3.8) is 0 Å². The quantitative estimate of drug-likeness (QED) is 0.0830. The van der Waals surface area contributed by atoms with Gasteiger partial charge in [0, 0.05) is 18.7 Å². The Labute approximate surface area is 223 Å². The van der Waals surface area contributed by atoms with Gasteiger partial charge in [-0.15, -0.1) is 0 Å². The molecular weight excluding hydrogens is 470 g/mol. The van der Waals surface area contributed by atoms with Crippen molar-refractivity contribution >= 4 is 17.3 Å². The minimum atomic E-state index is -0.734. The molecule has 37 heavy (non-hydrogen) atoms. The van der Waals surface area contributed by atoms with Crippen molar-refractivity contribution in [2.24, 2.45) is 0 Å². The fourth-order valence-corrected chi connectivity index (χ4v) is 4.62. The summed E-state index contributed by atoms with van der Waals surface area (Å²) in [5.74, 6) is -0.524. The number of hydrogen-bond donors (Lipinski definition) is 1. The van der Waals surface area contributed by atoms with Crippen LogP contribution in [0.2, 0.25) is 0 Å². The molecule has 0 saturated carbocycles. The van der Waals surface area contributed by atoms with Gasteiger partial charge >= 0.3 is 0 Å². The molecule has 8 heteroatoms. The van der Waals surface area contributed by atoms with E-state index in [0.717, 1.165) is 37.5 Å². The summed E-state index contributed by atoms with van der Waals surface area (Å²) < 4.78 is 0. The first-order chi connectivity index (χ1) is 18.0. The summed E-state index contributed by atoms with van der Waals surface area (Å²) in [6.45, 7) is 2.72. The Morgan fingerprint density at radius 1 is 0.595 bits per heavy atom. The maximum absolute atomic E-state index is 12.2. The van der Waals surface area contributed by atoms with E-state index in [4.69, 9.17) is 0 Å². The lowest BCUT2D eigenvalue weighted by Gasteiger charge is -2.06.